The van der Waals surface area contributed by atoms with Crippen LogP contribution in [0, 0.1) is 0 Å². The van der Waals surface area contributed by atoms with Gasteiger partial charge in [0.2, 0.25) is 0 Å². The van der Waals surface area contributed by atoms with Gasteiger partial charge in [-0.1, -0.05) is 71.3 Å². The maximum atomic E-state index is 12.0. The van der Waals surface area contributed by atoms with Gasteiger partial charge in [-0.25, -0.2) is 5.43 Å². The number of hydrogen-bond acceptors (Lipinski definition) is 8. The van der Waals surface area contributed by atoms with Crippen LogP contribution in [-0.2, 0) is 10.5 Å². The van der Waals surface area contributed by atoms with E-state index < -0.39 is 0 Å². The SMILES string of the molecule is CC(=NNC(=O)CSc1nnc(SCc2ccccc2)s1)c1cccnc1. The van der Waals surface area contributed by atoms with Gasteiger partial charge in [0.05, 0.1) is 11.5 Å². The van der Waals surface area contributed by atoms with E-state index in [1.54, 1.807) is 24.2 Å². The lowest BCUT2D eigenvalue weighted by atomic mass is 10.2. The third kappa shape index (κ3) is 6.46. The molecule has 1 amide bonds. The van der Waals surface area contributed by atoms with Gasteiger partial charge in [-0.15, -0.1) is 10.2 Å². The number of carbonyl (C=O) groups excluding carboxylic acids is 1. The molecule has 0 aliphatic carbocycles. The minimum absolute atomic E-state index is 0.183. The average molecular weight is 416 g/mol. The number of benzene rings is 1. The molecule has 2 heterocycles. The largest absolute Gasteiger partial charge is 0.272 e. The van der Waals surface area contributed by atoms with Gasteiger partial charge < -0.3 is 0 Å². The lowest BCUT2D eigenvalue weighted by molar-refractivity contribution is -0.118. The van der Waals surface area contributed by atoms with Crippen molar-refractivity contribution < 1.29 is 4.79 Å². The van der Waals surface area contributed by atoms with Crippen LogP contribution in [-0.4, -0.2) is 32.6 Å². The average Bonchev–Trinajstić information content (AvgIpc) is 3.18. The van der Waals surface area contributed by atoms with E-state index >= 15 is 0 Å². The van der Waals surface area contributed by atoms with Gasteiger partial charge >= 0.3 is 0 Å². The minimum Gasteiger partial charge on any atom is -0.272 e. The highest BCUT2D eigenvalue weighted by Gasteiger charge is 2.09. The Kier molecular flexibility index (Phi) is 7.37. The van der Waals surface area contributed by atoms with Crippen molar-refractivity contribution in [3.8, 4) is 0 Å². The van der Waals surface area contributed by atoms with Gasteiger partial charge in [0.1, 0.15) is 0 Å². The molecular formula is C18H17N5OS3. The molecule has 1 N–H and O–H groups in total. The Morgan fingerprint density at radius 1 is 1.11 bits per heavy atom. The van der Waals surface area contributed by atoms with Crippen LogP contribution in [0.1, 0.15) is 18.1 Å². The molecule has 6 nitrogen and oxygen atoms in total. The van der Waals surface area contributed by atoms with Crippen molar-refractivity contribution in [2.24, 2.45) is 5.10 Å². The molecule has 9 heteroatoms. The highest BCUT2D eigenvalue weighted by molar-refractivity contribution is 8.03. The monoisotopic (exact) mass is 415 g/mol. The Morgan fingerprint density at radius 2 is 1.89 bits per heavy atom. The number of hydrogen-bond donors (Lipinski definition) is 1. The van der Waals surface area contributed by atoms with E-state index in [0.29, 0.717) is 5.71 Å². The standard InChI is InChI=1S/C18H17N5OS3/c1-13(15-8-5-9-19-10-15)20-21-16(24)12-26-18-23-22-17(27-18)25-11-14-6-3-2-4-7-14/h2-10H,11-12H2,1H3,(H,21,24). The van der Waals surface area contributed by atoms with Crippen molar-refractivity contribution in [3.63, 3.8) is 0 Å². The second-order valence-corrected chi connectivity index (χ2v) is 8.79. The number of pyridine rings is 1. The number of aromatic nitrogens is 3. The van der Waals surface area contributed by atoms with Crippen LogP contribution in [0.5, 0.6) is 0 Å². The van der Waals surface area contributed by atoms with Crippen LogP contribution < -0.4 is 5.43 Å². The van der Waals surface area contributed by atoms with Crippen molar-refractivity contribution in [3.05, 3.63) is 66.0 Å². The molecule has 3 aromatic rings. The van der Waals surface area contributed by atoms with Crippen LogP contribution in [0.4, 0.5) is 0 Å². The molecule has 0 saturated heterocycles. The van der Waals surface area contributed by atoms with Crippen molar-refractivity contribution >= 4 is 46.5 Å². The quantitative estimate of drug-likeness (QED) is 0.342. The van der Waals surface area contributed by atoms with Crippen LogP contribution in [0.15, 0.2) is 68.6 Å². The van der Waals surface area contributed by atoms with E-state index in [9.17, 15) is 4.79 Å². The Labute approximate surface area is 169 Å². The molecule has 0 bridgehead atoms. The number of rotatable bonds is 8. The summed E-state index contributed by atoms with van der Waals surface area (Å²) in [4.78, 5) is 16.0. The van der Waals surface area contributed by atoms with Crippen molar-refractivity contribution in [2.45, 2.75) is 21.4 Å². The Balaban J connectivity index is 1.43. The first kappa shape index (κ1) is 19.5. The molecule has 0 aliphatic rings. The highest BCUT2D eigenvalue weighted by Crippen LogP contribution is 2.30. The Bertz CT molecular complexity index is 900. The maximum Gasteiger partial charge on any atom is 0.250 e. The van der Waals surface area contributed by atoms with Crippen molar-refractivity contribution in [1.29, 1.82) is 0 Å². The summed E-state index contributed by atoms with van der Waals surface area (Å²) in [7, 11) is 0. The molecule has 3 rings (SSSR count). The predicted octanol–water partition coefficient (Wildman–Crippen LogP) is 3.86. The summed E-state index contributed by atoms with van der Waals surface area (Å²) in [5.41, 5.74) is 5.38. The number of nitrogens with zero attached hydrogens (tertiary/aromatic N) is 4. The summed E-state index contributed by atoms with van der Waals surface area (Å²) in [5.74, 6) is 0.905. The molecule has 2 aromatic heterocycles. The fourth-order valence-electron chi connectivity index (χ4n) is 1.98. The van der Waals surface area contributed by atoms with Gasteiger partial charge in [0, 0.05) is 23.7 Å². The van der Waals surface area contributed by atoms with E-state index in [2.05, 4.69) is 37.8 Å². The number of nitrogens with one attached hydrogen (secondary N) is 1. The second-order valence-electron chi connectivity index (χ2n) is 5.37. The van der Waals surface area contributed by atoms with Crippen LogP contribution >= 0.6 is 34.9 Å². The lowest BCUT2D eigenvalue weighted by Crippen LogP contribution is -2.21. The fourth-order valence-corrected chi connectivity index (χ4v) is 4.75. The summed E-state index contributed by atoms with van der Waals surface area (Å²) in [6, 6.07) is 13.9. The smallest absolute Gasteiger partial charge is 0.250 e. The molecule has 0 fully saturated rings. The Morgan fingerprint density at radius 3 is 2.63 bits per heavy atom. The van der Waals surface area contributed by atoms with E-state index in [0.717, 1.165) is 20.0 Å². The molecular weight excluding hydrogens is 398 g/mol. The third-order valence-electron chi connectivity index (χ3n) is 3.35. The predicted molar refractivity (Wildman–Crippen MR) is 111 cm³/mol. The molecule has 0 aliphatic heterocycles. The third-order valence-corrected chi connectivity index (χ3v) is 6.61. The molecule has 0 atom stereocenters. The molecule has 0 radical (unpaired) electrons. The van der Waals surface area contributed by atoms with Gasteiger partial charge in [-0.3, -0.25) is 9.78 Å². The van der Waals surface area contributed by atoms with Crippen LogP contribution in [0.2, 0.25) is 0 Å². The van der Waals surface area contributed by atoms with Gasteiger partial charge in [-0.05, 0) is 18.6 Å². The fraction of sp³-hybridized carbons (Fsp3) is 0.167. The number of hydrazone groups is 1. The first-order valence-electron chi connectivity index (χ1n) is 8.07. The summed E-state index contributed by atoms with van der Waals surface area (Å²) in [5, 5.41) is 12.4. The van der Waals surface area contributed by atoms with E-state index in [4.69, 9.17) is 0 Å². The highest BCUT2D eigenvalue weighted by atomic mass is 32.2. The molecule has 1 aromatic carbocycles. The van der Waals surface area contributed by atoms with Crippen molar-refractivity contribution in [2.75, 3.05) is 5.75 Å². The van der Waals surface area contributed by atoms with E-state index in [1.165, 1.54) is 28.7 Å². The summed E-state index contributed by atoms with van der Waals surface area (Å²) in [6.07, 6.45) is 3.40. The molecule has 27 heavy (non-hydrogen) atoms. The number of thioether (sulfide) groups is 2. The van der Waals surface area contributed by atoms with Gasteiger partial charge in [0.25, 0.3) is 5.91 Å². The zero-order valence-electron chi connectivity index (χ0n) is 14.5. The topological polar surface area (TPSA) is 80.1 Å². The van der Waals surface area contributed by atoms with E-state index in [1.807, 2.05) is 37.3 Å². The normalized spacial score (nSPS) is 11.4. The zero-order chi connectivity index (χ0) is 18.9. The first-order valence-corrected chi connectivity index (χ1v) is 10.9. The zero-order valence-corrected chi connectivity index (χ0v) is 17.0. The van der Waals surface area contributed by atoms with Gasteiger partial charge in [0.15, 0.2) is 8.68 Å². The second kappa shape index (κ2) is 10.2. The molecule has 0 saturated carbocycles. The summed E-state index contributed by atoms with van der Waals surface area (Å²) < 4.78 is 1.67. The molecule has 0 unspecified atom stereocenters. The van der Waals surface area contributed by atoms with Crippen molar-refractivity contribution in [1.82, 2.24) is 20.6 Å². The van der Waals surface area contributed by atoms with Crippen LogP contribution in [0.25, 0.3) is 0 Å². The summed E-state index contributed by atoms with van der Waals surface area (Å²) in [6.45, 7) is 1.82. The number of amides is 1. The first-order chi connectivity index (χ1) is 13.2. The maximum absolute atomic E-state index is 12.0. The Hall–Kier alpha value is -2.23. The lowest BCUT2D eigenvalue weighted by Gasteiger charge is -2.01. The van der Waals surface area contributed by atoms with Gasteiger partial charge in [-0.2, -0.15) is 5.10 Å². The van der Waals surface area contributed by atoms with E-state index in [-0.39, 0.29) is 11.7 Å². The summed E-state index contributed by atoms with van der Waals surface area (Å²) >= 11 is 4.50. The number of carbonyl (C=O) groups is 1. The molecule has 0 spiro atoms. The molecule has 138 valence electrons. The minimum atomic E-state index is -0.183. The van der Waals surface area contributed by atoms with Crippen LogP contribution in [0.3, 0.4) is 0 Å².